The summed E-state index contributed by atoms with van der Waals surface area (Å²) in [5.41, 5.74) is 1.08. The van der Waals surface area contributed by atoms with Crippen LogP contribution in [0.5, 0.6) is 0 Å². The van der Waals surface area contributed by atoms with Crippen LogP contribution in [0.3, 0.4) is 0 Å². The minimum atomic E-state index is -0.224. The highest BCUT2D eigenvalue weighted by atomic mass is 35.5. The van der Waals surface area contributed by atoms with Gasteiger partial charge in [0.2, 0.25) is 0 Å². The highest BCUT2D eigenvalue weighted by Gasteiger charge is 2.26. The van der Waals surface area contributed by atoms with Crippen LogP contribution >= 0.6 is 11.6 Å². The first-order valence-electron chi connectivity index (χ1n) is 6.43. The maximum Gasteiger partial charge on any atom is 0.251 e. The SMILES string of the molecule is CC1OCCC1NC(=O)c1ccc(C#CCO)c(Cl)c1. The van der Waals surface area contributed by atoms with Gasteiger partial charge in [-0.05, 0) is 31.5 Å². The molecule has 2 rings (SSSR count). The van der Waals surface area contributed by atoms with Crippen LogP contribution in [0.25, 0.3) is 0 Å². The van der Waals surface area contributed by atoms with E-state index in [4.69, 9.17) is 21.4 Å². The zero-order chi connectivity index (χ0) is 14.5. The number of carbonyl (C=O) groups excluding carboxylic acids is 1. The minimum Gasteiger partial charge on any atom is -0.384 e. The topological polar surface area (TPSA) is 58.6 Å². The summed E-state index contributed by atoms with van der Waals surface area (Å²) in [6.07, 6.45) is 0.852. The Kier molecular flexibility index (Phi) is 5.02. The molecule has 0 bridgehead atoms. The second kappa shape index (κ2) is 6.76. The Labute approximate surface area is 123 Å². The van der Waals surface area contributed by atoms with Crippen molar-refractivity contribution in [3.8, 4) is 11.8 Å². The molecule has 0 radical (unpaired) electrons. The van der Waals surface area contributed by atoms with Crippen LogP contribution in [0.4, 0.5) is 0 Å². The highest BCUT2D eigenvalue weighted by Crippen LogP contribution is 2.18. The summed E-state index contributed by atoms with van der Waals surface area (Å²) < 4.78 is 5.41. The summed E-state index contributed by atoms with van der Waals surface area (Å²) >= 11 is 6.07. The van der Waals surface area contributed by atoms with Gasteiger partial charge >= 0.3 is 0 Å². The van der Waals surface area contributed by atoms with Gasteiger partial charge in [0.05, 0.1) is 17.2 Å². The molecule has 1 aliphatic heterocycles. The predicted octanol–water partition coefficient (Wildman–Crippen LogP) is 1.59. The van der Waals surface area contributed by atoms with Crippen LogP contribution in [-0.2, 0) is 4.74 Å². The van der Waals surface area contributed by atoms with Crippen molar-refractivity contribution in [3.05, 3.63) is 34.3 Å². The van der Waals surface area contributed by atoms with Crippen molar-refractivity contribution in [2.45, 2.75) is 25.5 Å². The standard InChI is InChI=1S/C15H16ClNO3/c1-10-14(6-8-20-10)17-15(19)12-5-4-11(3-2-7-18)13(16)9-12/h4-5,9-10,14,18H,6-8H2,1H3,(H,17,19). The van der Waals surface area contributed by atoms with Gasteiger partial charge in [0.1, 0.15) is 6.61 Å². The van der Waals surface area contributed by atoms with Crippen LogP contribution in [-0.4, -0.2) is 36.4 Å². The third kappa shape index (κ3) is 3.51. The molecule has 1 aromatic rings. The van der Waals surface area contributed by atoms with E-state index in [9.17, 15) is 4.79 Å². The van der Waals surface area contributed by atoms with E-state index in [2.05, 4.69) is 17.2 Å². The molecule has 0 saturated carbocycles. The second-order valence-corrected chi connectivity index (χ2v) is 5.01. The number of carbonyl (C=O) groups is 1. The number of halogens is 1. The summed E-state index contributed by atoms with van der Waals surface area (Å²) in [7, 11) is 0. The molecular weight excluding hydrogens is 278 g/mol. The Balaban J connectivity index is 2.09. The number of rotatable bonds is 2. The van der Waals surface area contributed by atoms with Crippen LogP contribution in [0, 0.1) is 11.8 Å². The lowest BCUT2D eigenvalue weighted by atomic mass is 10.1. The number of aliphatic hydroxyl groups is 1. The van der Waals surface area contributed by atoms with Crippen molar-refractivity contribution < 1.29 is 14.6 Å². The molecular formula is C15H16ClNO3. The summed E-state index contributed by atoms with van der Waals surface area (Å²) in [4.78, 5) is 12.1. The maximum absolute atomic E-state index is 12.1. The van der Waals surface area contributed by atoms with E-state index in [0.29, 0.717) is 22.8 Å². The van der Waals surface area contributed by atoms with Crippen molar-refractivity contribution in [2.24, 2.45) is 0 Å². The molecule has 2 unspecified atom stereocenters. The van der Waals surface area contributed by atoms with E-state index < -0.39 is 0 Å². The lowest BCUT2D eigenvalue weighted by molar-refractivity contribution is 0.0866. The predicted molar refractivity (Wildman–Crippen MR) is 76.7 cm³/mol. The van der Waals surface area contributed by atoms with Gasteiger partial charge in [-0.1, -0.05) is 23.4 Å². The van der Waals surface area contributed by atoms with Crippen molar-refractivity contribution in [1.29, 1.82) is 0 Å². The van der Waals surface area contributed by atoms with Gasteiger partial charge in [0.25, 0.3) is 5.91 Å². The number of ether oxygens (including phenoxy) is 1. The fraction of sp³-hybridized carbons (Fsp3) is 0.400. The van der Waals surface area contributed by atoms with E-state index in [1.165, 1.54) is 0 Å². The van der Waals surface area contributed by atoms with Gasteiger partial charge in [0, 0.05) is 17.7 Å². The van der Waals surface area contributed by atoms with Gasteiger partial charge in [-0.25, -0.2) is 0 Å². The normalized spacial score (nSPS) is 21.1. The van der Waals surface area contributed by atoms with Crippen molar-refractivity contribution in [3.63, 3.8) is 0 Å². The van der Waals surface area contributed by atoms with Crippen LogP contribution in [0.1, 0.15) is 29.3 Å². The molecule has 2 atom stereocenters. The number of nitrogens with one attached hydrogen (secondary N) is 1. The molecule has 1 fully saturated rings. The number of amides is 1. The Morgan fingerprint density at radius 2 is 2.40 bits per heavy atom. The van der Waals surface area contributed by atoms with Gasteiger partial charge < -0.3 is 15.2 Å². The molecule has 1 saturated heterocycles. The minimum absolute atomic E-state index is 0.0316. The first-order chi connectivity index (χ1) is 9.61. The number of hydrogen-bond acceptors (Lipinski definition) is 3. The quantitative estimate of drug-likeness (QED) is 0.814. The Bertz CT molecular complexity index is 562. The van der Waals surface area contributed by atoms with Gasteiger partial charge in [-0.15, -0.1) is 0 Å². The van der Waals surface area contributed by atoms with Crippen molar-refractivity contribution in [1.82, 2.24) is 5.32 Å². The lowest BCUT2D eigenvalue weighted by Crippen LogP contribution is -2.39. The molecule has 1 amide bonds. The Morgan fingerprint density at radius 3 is 3.00 bits per heavy atom. The van der Waals surface area contributed by atoms with E-state index in [1.807, 2.05) is 6.92 Å². The van der Waals surface area contributed by atoms with E-state index in [1.54, 1.807) is 18.2 Å². The Hall–Kier alpha value is -1.54. The lowest BCUT2D eigenvalue weighted by Gasteiger charge is -2.16. The molecule has 2 N–H and O–H groups in total. The zero-order valence-corrected chi connectivity index (χ0v) is 11.9. The van der Waals surface area contributed by atoms with Gasteiger partial charge in [-0.2, -0.15) is 0 Å². The molecule has 106 valence electrons. The maximum atomic E-state index is 12.1. The third-order valence-corrected chi connectivity index (χ3v) is 3.54. The van der Waals surface area contributed by atoms with E-state index in [-0.39, 0.29) is 24.7 Å². The molecule has 4 nitrogen and oxygen atoms in total. The molecule has 0 aromatic heterocycles. The van der Waals surface area contributed by atoms with Crippen molar-refractivity contribution >= 4 is 17.5 Å². The van der Waals surface area contributed by atoms with Gasteiger partial charge in [0.15, 0.2) is 0 Å². The smallest absolute Gasteiger partial charge is 0.251 e. The molecule has 1 aliphatic rings. The Morgan fingerprint density at radius 1 is 1.60 bits per heavy atom. The monoisotopic (exact) mass is 293 g/mol. The molecule has 5 heteroatoms. The molecule has 0 aliphatic carbocycles. The van der Waals surface area contributed by atoms with Crippen molar-refractivity contribution in [2.75, 3.05) is 13.2 Å². The molecule has 20 heavy (non-hydrogen) atoms. The third-order valence-electron chi connectivity index (χ3n) is 3.23. The summed E-state index contributed by atoms with van der Waals surface area (Å²) in [5.74, 6) is 5.08. The van der Waals surface area contributed by atoms with Crippen LogP contribution < -0.4 is 5.32 Å². The zero-order valence-electron chi connectivity index (χ0n) is 11.1. The number of hydrogen-bond donors (Lipinski definition) is 2. The second-order valence-electron chi connectivity index (χ2n) is 4.60. The van der Waals surface area contributed by atoms with Gasteiger partial charge in [-0.3, -0.25) is 4.79 Å². The van der Waals surface area contributed by atoms with E-state index in [0.717, 1.165) is 6.42 Å². The fourth-order valence-corrected chi connectivity index (χ4v) is 2.29. The molecule has 1 aromatic carbocycles. The average Bonchev–Trinajstić information content (AvgIpc) is 2.83. The summed E-state index contributed by atoms with van der Waals surface area (Å²) in [5, 5.41) is 12.0. The molecule has 1 heterocycles. The summed E-state index contributed by atoms with van der Waals surface area (Å²) in [6, 6.07) is 4.96. The van der Waals surface area contributed by atoms with E-state index >= 15 is 0 Å². The fourth-order valence-electron chi connectivity index (χ4n) is 2.07. The highest BCUT2D eigenvalue weighted by molar-refractivity contribution is 6.32. The number of aliphatic hydroxyl groups excluding tert-OH is 1. The largest absolute Gasteiger partial charge is 0.384 e. The first-order valence-corrected chi connectivity index (χ1v) is 6.81. The van der Waals surface area contributed by atoms with Crippen LogP contribution in [0.2, 0.25) is 5.02 Å². The number of benzene rings is 1. The first kappa shape index (κ1) is 14.9. The summed E-state index contributed by atoms with van der Waals surface area (Å²) in [6.45, 7) is 2.39. The average molecular weight is 294 g/mol. The molecule has 0 spiro atoms. The van der Waals surface area contributed by atoms with Crippen LogP contribution in [0.15, 0.2) is 18.2 Å².